The van der Waals surface area contributed by atoms with Crippen molar-refractivity contribution in [2.24, 2.45) is 10.4 Å². The van der Waals surface area contributed by atoms with Gasteiger partial charge in [0, 0.05) is 49.9 Å². The summed E-state index contributed by atoms with van der Waals surface area (Å²) < 4.78 is 19.4. The maximum Gasteiger partial charge on any atom is 0.191 e. The van der Waals surface area contributed by atoms with E-state index in [0.29, 0.717) is 23.6 Å². The molecule has 1 aromatic rings. The van der Waals surface area contributed by atoms with Crippen molar-refractivity contribution in [3.8, 4) is 0 Å². The predicted molar refractivity (Wildman–Crippen MR) is 127 cm³/mol. The number of halogens is 2. The van der Waals surface area contributed by atoms with Crippen molar-refractivity contribution < 1.29 is 9.13 Å². The molecule has 0 aromatic heterocycles. The van der Waals surface area contributed by atoms with Gasteiger partial charge in [0.1, 0.15) is 5.82 Å². The number of nitrogens with zero attached hydrogens (tertiary/aromatic N) is 2. The standard InChI is InChI=1S/C22H33FN4O.HI/c1-3-28-20-15-19(22(20)10-5-11-22)26-21(24-2)25-17-8-12-27(13-9-17)18-7-4-6-16(23)14-18;/h4,6-7,14,17,19-20H,3,5,8-13,15H2,1-2H3,(H2,24,25,26);1H. The summed E-state index contributed by atoms with van der Waals surface area (Å²) >= 11 is 0. The van der Waals surface area contributed by atoms with Crippen LogP contribution in [0.4, 0.5) is 10.1 Å². The Kier molecular flexibility index (Phi) is 7.64. The molecule has 162 valence electrons. The first-order valence-corrected chi connectivity index (χ1v) is 10.8. The van der Waals surface area contributed by atoms with Gasteiger partial charge in [0.2, 0.25) is 0 Å². The van der Waals surface area contributed by atoms with Crippen LogP contribution < -0.4 is 15.5 Å². The van der Waals surface area contributed by atoms with Crippen LogP contribution in [0, 0.1) is 11.2 Å². The maximum atomic E-state index is 13.5. The Morgan fingerprint density at radius 1 is 1.28 bits per heavy atom. The molecule has 2 atom stereocenters. The highest BCUT2D eigenvalue weighted by atomic mass is 127. The van der Waals surface area contributed by atoms with Crippen LogP contribution in [0.3, 0.4) is 0 Å². The largest absolute Gasteiger partial charge is 0.378 e. The number of hydrogen-bond donors (Lipinski definition) is 2. The minimum absolute atomic E-state index is 0. The van der Waals surface area contributed by atoms with Crippen LogP contribution in [0.5, 0.6) is 0 Å². The number of rotatable bonds is 5. The highest BCUT2D eigenvalue weighted by Gasteiger charge is 2.59. The van der Waals surface area contributed by atoms with Crippen molar-refractivity contribution in [1.29, 1.82) is 0 Å². The highest BCUT2D eigenvalue weighted by molar-refractivity contribution is 14.0. The van der Waals surface area contributed by atoms with E-state index in [-0.39, 0.29) is 29.8 Å². The van der Waals surface area contributed by atoms with Gasteiger partial charge in [-0.25, -0.2) is 4.39 Å². The number of ether oxygens (including phenoxy) is 1. The molecular weight excluding hydrogens is 482 g/mol. The number of piperidine rings is 1. The zero-order chi connectivity index (χ0) is 19.6. The fourth-order valence-corrected chi connectivity index (χ4v) is 5.12. The number of benzene rings is 1. The molecule has 0 radical (unpaired) electrons. The summed E-state index contributed by atoms with van der Waals surface area (Å²) in [6.45, 7) is 4.75. The topological polar surface area (TPSA) is 48.9 Å². The molecule has 1 heterocycles. The average Bonchev–Trinajstić information content (AvgIpc) is 2.65. The second-order valence-corrected chi connectivity index (χ2v) is 8.42. The molecule has 29 heavy (non-hydrogen) atoms. The summed E-state index contributed by atoms with van der Waals surface area (Å²) in [7, 11) is 1.85. The third-order valence-corrected chi connectivity index (χ3v) is 6.98. The summed E-state index contributed by atoms with van der Waals surface area (Å²) in [5, 5.41) is 7.30. The van der Waals surface area contributed by atoms with E-state index in [1.807, 2.05) is 13.1 Å². The van der Waals surface area contributed by atoms with Gasteiger partial charge in [-0.05, 0) is 57.2 Å². The van der Waals surface area contributed by atoms with Crippen LogP contribution in [-0.2, 0) is 4.74 Å². The molecule has 1 aliphatic heterocycles. The zero-order valence-corrected chi connectivity index (χ0v) is 19.8. The van der Waals surface area contributed by atoms with Crippen LogP contribution in [0.25, 0.3) is 0 Å². The fourth-order valence-electron chi connectivity index (χ4n) is 5.12. The van der Waals surface area contributed by atoms with Crippen LogP contribution in [0.15, 0.2) is 29.3 Å². The first-order chi connectivity index (χ1) is 13.6. The van der Waals surface area contributed by atoms with Gasteiger partial charge in [-0.1, -0.05) is 12.5 Å². The van der Waals surface area contributed by atoms with Crippen LogP contribution in [0.1, 0.15) is 45.4 Å². The third-order valence-electron chi connectivity index (χ3n) is 6.98. The molecule has 2 saturated carbocycles. The lowest BCUT2D eigenvalue weighted by atomic mass is 9.51. The number of aliphatic imine (C=N–C) groups is 1. The van der Waals surface area contributed by atoms with E-state index in [0.717, 1.165) is 50.6 Å². The van der Waals surface area contributed by atoms with Gasteiger partial charge >= 0.3 is 0 Å². The maximum absolute atomic E-state index is 13.5. The number of guanidine groups is 1. The van der Waals surface area contributed by atoms with Crippen LogP contribution in [-0.4, -0.2) is 50.9 Å². The van der Waals surface area contributed by atoms with E-state index in [4.69, 9.17) is 4.74 Å². The van der Waals surface area contributed by atoms with Crippen molar-refractivity contribution in [1.82, 2.24) is 10.6 Å². The lowest BCUT2D eigenvalue weighted by Gasteiger charge is -2.61. The molecule has 1 saturated heterocycles. The third kappa shape index (κ3) is 4.65. The lowest BCUT2D eigenvalue weighted by Crippen LogP contribution is -2.69. The summed E-state index contributed by atoms with van der Waals surface area (Å²) in [5.74, 6) is 0.744. The van der Waals surface area contributed by atoms with E-state index in [1.54, 1.807) is 12.1 Å². The van der Waals surface area contributed by atoms with Gasteiger partial charge in [0.25, 0.3) is 0 Å². The smallest absolute Gasteiger partial charge is 0.191 e. The van der Waals surface area contributed by atoms with Gasteiger partial charge in [-0.15, -0.1) is 24.0 Å². The lowest BCUT2D eigenvalue weighted by molar-refractivity contribution is -0.168. The number of anilines is 1. The first-order valence-electron chi connectivity index (χ1n) is 10.8. The van der Waals surface area contributed by atoms with Crippen molar-refractivity contribution in [2.75, 3.05) is 31.6 Å². The van der Waals surface area contributed by atoms with Crippen molar-refractivity contribution in [3.63, 3.8) is 0 Å². The summed E-state index contributed by atoms with van der Waals surface area (Å²) in [5.41, 5.74) is 1.30. The summed E-state index contributed by atoms with van der Waals surface area (Å²) in [4.78, 5) is 6.74. The van der Waals surface area contributed by atoms with E-state index in [9.17, 15) is 4.39 Å². The van der Waals surface area contributed by atoms with Crippen molar-refractivity contribution in [2.45, 2.75) is 63.6 Å². The molecule has 2 aliphatic carbocycles. The number of hydrogen-bond acceptors (Lipinski definition) is 3. The first kappa shape index (κ1) is 22.6. The van der Waals surface area contributed by atoms with Crippen molar-refractivity contribution >= 4 is 35.6 Å². The van der Waals surface area contributed by atoms with Crippen molar-refractivity contribution in [3.05, 3.63) is 30.1 Å². The SMILES string of the molecule is CCOC1CC(NC(=NC)NC2CCN(c3cccc(F)c3)CC2)C12CCC2.I. The Labute approximate surface area is 190 Å². The second kappa shape index (κ2) is 9.81. The Hall–Kier alpha value is -1.09. The van der Waals surface area contributed by atoms with E-state index in [2.05, 4.69) is 27.4 Å². The monoisotopic (exact) mass is 516 g/mol. The molecule has 1 aromatic carbocycles. The van der Waals surface area contributed by atoms with E-state index in [1.165, 1.54) is 25.3 Å². The summed E-state index contributed by atoms with van der Waals surface area (Å²) in [6, 6.07) is 7.76. The highest BCUT2D eigenvalue weighted by Crippen LogP contribution is 2.57. The Balaban J connectivity index is 0.00000240. The summed E-state index contributed by atoms with van der Waals surface area (Å²) in [6.07, 6.45) is 7.37. The molecule has 2 unspecified atom stereocenters. The van der Waals surface area contributed by atoms with Gasteiger partial charge in [-0.3, -0.25) is 4.99 Å². The van der Waals surface area contributed by atoms with Gasteiger partial charge in [0.15, 0.2) is 5.96 Å². The van der Waals surface area contributed by atoms with Crippen LogP contribution in [0.2, 0.25) is 0 Å². The molecule has 3 aliphatic rings. The van der Waals surface area contributed by atoms with Gasteiger partial charge in [-0.2, -0.15) is 0 Å². The molecular formula is C22H34FIN4O. The van der Waals surface area contributed by atoms with Crippen LogP contribution >= 0.6 is 24.0 Å². The molecule has 3 fully saturated rings. The molecule has 0 amide bonds. The molecule has 0 bridgehead atoms. The quantitative estimate of drug-likeness (QED) is 0.354. The van der Waals surface area contributed by atoms with E-state index < -0.39 is 0 Å². The van der Waals surface area contributed by atoms with E-state index >= 15 is 0 Å². The van der Waals surface area contributed by atoms with Gasteiger partial charge in [0.05, 0.1) is 6.10 Å². The Morgan fingerprint density at radius 3 is 2.62 bits per heavy atom. The molecule has 2 N–H and O–H groups in total. The predicted octanol–water partition coefficient (Wildman–Crippen LogP) is 3.93. The zero-order valence-electron chi connectivity index (χ0n) is 17.5. The fraction of sp³-hybridized carbons (Fsp3) is 0.682. The molecule has 1 spiro atoms. The Morgan fingerprint density at radius 2 is 2.03 bits per heavy atom. The molecule has 7 heteroatoms. The second-order valence-electron chi connectivity index (χ2n) is 8.42. The average molecular weight is 516 g/mol. The van der Waals surface area contributed by atoms with Gasteiger partial charge < -0.3 is 20.3 Å². The minimum Gasteiger partial charge on any atom is -0.378 e. The normalized spacial score (nSPS) is 26.3. The Bertz CT molecular complexity index is 704. The minimum atomic E-state index is -0.168. The number of nitrogens with one attached hydrogen (secondary N) is 2. The molecule has 4 rings (SSSR count). The molecule has 5 nitrogen and oxygen atoms in total.